The van der Waals surface area contributed by atoms with Crippen LogP contribution in [0.2, 0.25) is 5.15 Å². The van der Waals surface area contributed by atoms with Crippen LogP contribution in [0.1, 0.15) is 0 Å². The summed E-state index contributed by atoms with van der Waals surface area (Å²) in [5.41, 5.74) is 6.19. The van der Waals surface area contributed by atoms with Crippen LogP contribution in [0.15, 0.2) is 30.6 Å². The molecule has 13 heavy (non-hydrogen) atoms. The molecule has 0 amide bonds. The minimum absolute atomic E-state index is 0.408. The molecule has 0 aliphatic carbocycles. The van der Waals surface area contributed by atoms with Crippen molar-refractivity contribution in [1.29, 1.82) is 0 Å². The van der Waals surface area contributed by atoms with Crippen LogP contribution in [0, 0.1) is 0 Å². The number of aromatic nitrogens is 3. The Labute approximate surface area is 80.0 Å². The van der Waals surface area contributed by atoms with Gasteiger partial charge in [0, 0.05) is 18.5 Å². The van der Waals surface area contributed by atoms with Gasteiger partial charge in [0.05, 0.1) is 0 Å². The molecule has 0 saturated carbocycles. The predicted molar refractivity (Wildman–Crippen MR) is 50.8 cm³/mol. The number of hydrogen-bond acceptors (Lipinski definition) is 3. The summed E-state index contributed by atoms with van der Waals surface area (Å²) in [6, 6.07) is 5.31. The summed E-state index contributed by atoms with van der Waals surface area (Å²) < 4.78 is 1.59. The number of halogens is 1. The Morgan fingerprint density at radius 3 is 2.85 bits per heavy atom. The second-order valence-corrected chi connectivity index (χ2v) is 2.86. The second kappa shape index (κ2) is 3.06. The number of nitrogen functional groups attached to an aromatic ring is 1. The van der Waals surface area contributed by atoms with E-state index in [9.17, 15) is 0 Å². The minimum Gasteiger partial charge on any atom is -0.382 e. The lowest BCUT2D eigenvalue weighted by atomic mass is 10.4. The highest BCUT2D eigenvalue weighted by atomic mass is 35.5. The van der Waals surface area contributed by atoms with E-state index in [1.165, 1.54) is 0 Å². The van der Waals surface area contributed by atoms with Gasteiger partial charge in [-0.1, -0.05) is 11.6 Å². The SMILES string of the molecule is Nc1ccn(-c2cccnc2Cl)n1. The number of rotatable bonds is 1. The molecule has 0 aliphatic rings. The summed E-state index contributed by atoms with van der Waals surface area (Å²) in [6.45, 7) is 0. The van der Waals surface area contributed by atoms with E-state index < -0.39 is 0 Å². The van der Waals surface area contributed by atoms with Crippen LogP contribution in [0.25, 0.3) is 5.69 Å². The number of pyridine rings is 1. The Bertz CT molecular complexity index is 424. The lowest BCUT2D eigenvalue weighted by Gasteiger charge is -2.01. The van der Waals surface area contributed by atoms with E-state index in [2.05, 4.69) is 10.1 Å². The van der Waals surface area contributed by atoms with Crippen molar-refractivity contribution < 1.29 is 0 Å². The van der Waals surface area contributed by atoms with Gasteiger partial charge in [-0.3, -0.25) is 0 Å². The molecule has 0 atom stereocenters. The summed E-state index contributed by atoms with van der Waals surface area (Å²) in [5.74, 6) is 0.458. The zero-order valence-electron chi connectivity index (χ0n) is 6.68. The topological polar surface area (TPSA) is 56.7 Å². The molecule has 0 spiro atoms. The van der Waals surface area contributed by atoms with Gasteiger partial charge in [-0.15, -0.1) is 0 Å². The van der Waals surface area contributed by atoms with Crippen LogP contribution in [0.4, 0.5) is 5.82 Å². The van der Waals surface area contributed by atoms with Gasteiger partial charge in [-0.05, 0) is 12.1 Å². The Balaban J connectivity index is 2.52. The number of nitrogens with two attached hydrogens (primary N) is 1. The molecule has 0 saturated heterocycles. The summed E-state index contributed by atoms with van der Waals surface area (Å²) in [6.07, 6.45) is 3.36. The van der Waals surface area contributed by atoms with Crippen molar-refractivity contribution in [3.63, 3.8) is 0 Å². The van der Waals surface area contributed by atoms with E-state index in [-0.39, 0.29) is 0 Å². The maximum Gasteiger partial charge on any atom is 0.154 e. The van der Waals surface area contributed by atoms with Crippen molar-refractivity contribution in [2.45, 2.75) is 0 Å². The molecule has 0 bridgehead atoms. The van der Waals surface area contributed by atoms with Crippen molar-refractivity contribution in [2.75, 3.05) is 5.73 Å². The average molecular weight is 195 g/mol. The third kappa shape index (κ3) is 1.48. The first-order valence-electron chi connectivity index (χ1n) is 3.69. The summed E-state index contributed by atoms with van der Waals surface area (Å²) in [4.78, 5) is 3.93. The summed E-state index contributed by atoms with van der Waals surface area (Å²) >= 11 is 5.86. The molecule has 0 radical (unpaired) electrons. The smallest absolute Gasteiger partial charge is 0.154 e. The molecule has 2 aromatic rings. The van der Waals surface area contributed by atoms with Crippen LogP contribution in [0.5, 0.6) is 0 Å². The fourth-order valence-electron chi connectivity index (χ4n) is 1.02. The standard InChI is InChI=1S/C8H7ClN4/c9-8-6(2-1-4-11-8)13-5-3-7(10)12-13/h1-5H,(H2,10,12). The summed E-state index contributed by atoms with van der Waals surface area (Å²) in [7, 11) is 0. The monoisotopic (exact) mass is 194 g/mol. The number of nitrogens with zero attached hydrogens (tertiary/aromatic N) is 3. The van der Waals surface area contributed by atoms with E-state index in [0.717, 1.165) is 5.69 Å². The first kappa shape index (κ1) is 8.07. The second-order valence-electron chi connectivity index (χ2n) is 2.50. The molecular formula is C8H7ClN4. The van der Waals surface area contributed by atoms with Crippen LogP contribution >= 0.6 is 11.6 Å². The molecule has 0 aromatic carbocycles. The van der Waals surface area contributed by atoms with Crippen molar-refractivity contribution in [1.82, 2.24) is 14.8 Å². The lowest BCUT2D eigenvalue weighted by Crippen LogP contribution is -1.97. The summed E-state index contributed by atoms with van der Waals surface area (Å²) in [5, 5.41) is 4.42. The van der Waals surface area contributed by atoms with Crippen molar-refractivity contribution in [3.05, 3.63) is 35.7 Å². The number of anilines is 1. The molecule has 2 rings (SSSR count). The zero-order valence-corrected chi connectivity index (χ0v) is 7.44. The van der Waals surface area contributed by atoms with Crippen LogP contribution in [-0.4, -0.2) is 14.8 Å². The van der Waals surface area contributed by atoms with E-state index in [1.54, 1.807) is 29.2 Å². The molecular weight excluding hydrogens is 188 g/mol. The van der Waals surface area contributed by atoms with Gasteiger partial charge < -0.3 is 5.73 Å². The molecule has 4 nitrogen and oxygen atoms in total. The van der Waals surface area contributed by atoms with Gasteiger partial charge in [0.2, 0.25) is 0 Å². The highest BCUT2D eigenvalue weighted by Gasteiger charge is 2.03. The largest absolute Gasteiger partial charge is 0.382 e. The Hall–Kier alpha value is -1.55. The predicted octanol–water partition coefficient (Wildman–Crippen LogP) is 1.50. The molecule has 5 heteroatoms. The third-order valence-electron chi connectivity index (χ3n) is 1.60. The van der Waals surface area contributed by atoms with Crippen molar-refractivity contribution in [3.8, 4) is 5.69 Å². The normalized spacial score (nSPS) is 10.2. The lowest BCUT2D eigenvalue weighted by molar-refractivity contribution is 0.879. The fraction of sp³-hybridized carbons (Fsp3) is 0. The molecule has 2 heterocycles. The van der Waals surface area contributed by atoms with Crippen LogP contribution < -0.4 is 5.73 Å². The van der Waals surface area contributed by atoms with Gasteiger partial charge in [-0.2, -0.15) is 5.10 Å². The highest BCUT2D eigenvalue weighted by Crippen LogP contribution is 2.16. The zero-order chi connectivity index (χ0) is 9.26. The van der Waals surface area contributed by atoms with Crippen LogP contribution in [0.3, 0.4) is 0 Å². The van der Waals surface area contributed by atoms with E-state index in [1.807, 2.05) is 6.07 Å². The maximum absolute atomic E-state index is 5.86. The molecule has 0 unspecified atom stereocenters. The first-order chi connectivity index (χ1) is 6.27. The fourth-order valence-corrected chi connectivity index (χ4v) is 1.23. The van der Waals surface area contributed by atoms with Gasteiger partial charge >= 0.3 is 0 Å². The quantitative estimate of drug-likeness (QED) is 0.700. The maximum atomic E-state index is 5.86. The molecule has 0 fully saturated rings. The van der Waals surface area contributed by atoms with Crippen molar-refractivity contribution in [2.24, 2.45) is 0 Å². The minimum atomic E-state index is 0.408. The van der Waals surface area contributed by atoms with Gasteiger partial charge in [0.25, 0.3) is 0 Å². The molecule has 2 N–H and O–H groups in total. The average Bonchev–Trinajstić information content (AvgIpc) is 2.53. The van der Waals surface area contributed by atoms with Gasteiger partial charge in [0.1, 0.15) is 11.5 Å². The molecule has 2 aromatic heterocycles. The van der Waals surface area contributed by atoms with Crippen molar-refractivity contribution >= 4 is 17.4 Å². The van der Waals surface area contributed by atoms with E-state index in [0.29, 0.717) is 11.0 Å². The van der Waals surface area contributed by atoms with Gasteiger partial charge in [0.15, 0.2) is 5.15 Å². The molecule has 66 valence electrons. The van der Waals surface area contributed by atoms with Crippen LogP contribution in [-0.2, 0) is 0 Å². The van der Waals surface area contributed by atoms with E-state index >= 15 is 0 Å². The third-order valence-corrected chi connectivity index (χ3v) is 1.89. The highest BCUT2D eigenvalue weighted by molar-refractivity contribution is 6.31. The van der Waals surface area contributed by atoms with E-state index in [4.69, 9.17) is 17.3 Å². The van der Waals surface area contributed by atoms with Gasteiger partial charge in [-0.25, -0.2) is 9.67 Å². The first-order valence-corrected chi connectivity index (χ1v) is 4.07. The Morgan fingerprint density at radius 1 is 1.38 bits per heavy atom. The molecule has 0 aliphatic heterocycles. The number of hydrogen-bond donors (Lipinski definition) is 1. The Kier molecular flexibility index (Phi) is 1.90. The Morgan fingerprint density at radius 2 is 2.23 bits per heavy atom.